The van der Waals surface area contributed by atoms with Gasteiger partial charge in [-0.3, -0.25) is 4.79 Å². The third-order valence-corrected chi connectivity index (χ3v) is 7.89. The number of rotatable bonds is 9. The molecule has 0 radical (unpaired) electrons. The molecule has 1 unspecified atom stereocenters. The Labute approximate surface area is 211 Å². The molecule has 186 valence electrons. The number of hydrogen-bond acceptors (Lipinski definition) is 5. The summed E-state index contributed by atoms with van der Waals surface area (Å²) < 4.78 is 38.9. The van der Waals surface area contributed by atoms with Gasteiger partial charge in [0.25, 0.3) is 0 Å². The summed E-state index contributed by atoms with van der Waals surface area (Å²) in [6.45, 7) is 3.69. The van der Waals surface area contributed by atoms with Crippen molar-refractivity contribution in [2.75, 3.05) is 7.11 Å². The second-order valence-corrected chi connectivity index (χ2v) is 10.5. The first-order valence-electron chi connectivity index (χ1n) is 11.7. The highest BCUT2D eigenvalue weighted by molar-refractivity contribution is 7.89. The lowest BCUT2D eigenvalue weighted by molar-refractivity contribution is -0.147. The molecule has 0 amide bonds. The summed E-state index contributed by atoms with van der Waals surface area (Å²) in [7, 11) is -2.67. The summed E-state index contributed by atoms with van der Waals surface area (Å²) in [4.78, 5) is 12.1. The maximum absolute atomic E-state index is 12.8. The van der Waals surface area contributed by atoms with Gasteiger partial charge in [-0.2, -0.15) is 4.72 Å². The van der Waals surface area contributed by atoms with Gasteiger partial charge in [0.2, 0.25) is 10.0 Å². The van der Waals surface area contributed by atoms with E-state index in [0.29, 0.717) is 6.61 Å². The molecule has 0 bridgehead atoms. The minimum absolute atomic E-state index is 0.0742. The van der Waals surface area contributed by atoms with Crippen LogP contribution in [0.1, 0.15) is 25.8 Å². The summed E-state index contributed by atoms with van der Waals surface area (Å²) in [5.41, 5.74) is 1.54. The van der Waals surface area contributed by atoms with E-state index >= 15 is 0 Å². The van der Waals surface area contributed by atoms with Crippen molar-refractivity contribution < 1.29 is 22.7 Å². The van der Waals surface area contributed by atoms with Crippen LogP contribution in [0.2, 0.25) is 0 Å². The fourth-order valence-electron chi connectivity index (χ4n) is 3.90. The van der Waals surface area contributed by atoms with E-state index in [-0.39, 0.29) is 11.3 Å². The Morgan fingerprint density at radius 2 is 1.47 bits per heavy atom. The molecule has 4 aromatic carbocycles. The zero-order chi connectivity index (χ0) is 25.8. The smallest absolute Gasteiger partial charge is 0.326 e. The lowest BCUT2D eigenvalue weighted by atomic mass is 10.0. The summed E-state index contributed by atoms with van der Waals surface area (Å²) in [5, 5.41) is 2.38. The van der Waals surface area contributed by atoms with E-state index in [1.54, 1.807) is 19.1 Å². The Balaban J connectivity index is 1.42. The van der Waals surface area contributed by atoms with Crippen LogP contribution in [0, 0.1) is 0 Å². The van der Waals surface area contributed by atoms with Crippen LogP contribution in [0.15, 0.2) is 95.9 Å². The number of esters is 1. The number of fused-ring (bicyclic) bond motifs is 1. The molecule has 0 aliphatic carbocycles. The normalized spacial score (nSPS) is 13.2. The average Bonchev–Trinajstić information content (AvgIpc) is 2.91. The summed E-state index contributed by atoms with van der Waals surface area (Å²) in [6, 6.07) is 28.7. The highest BCUT2D eigenvalue weighted by Crippen LogP contribution is 2.26. The Morgan fingerprint density at radius 1 is 0.861 bits per heavy atom. The molecular formula is C29H29NO5S. The molecule has 36 heavy (non-hydrogen) atoms. The van der Waals surface area contributed by atoms with Gasteiger partial charge in [-0.1, -0.05) is 67.6 Å². The minimum atomic E-state index is -3.91. The van der Waals surface area contributed by atoms with Crippen LogP contribution in [0.25, 0.3) is 21.9 Å². The zero-order valence-corrected chi connectivity index (χ0v) is 21.3. The number of nitrogens with one attached hydrogen (secondary N) is 1. The van der Waals surface area contributed by atoms with Gasteiger partial charge in [0.05, 0.1) is 12.0 Å². The summed E-state index contributed by atoms with van der Waals surface area (Å²) in [5.74, 6) is 0.116. The van der Waals surface area contributed by atoms with E-state index in [1.807, 2.05) is 36.4 Å². The standard InChI is InChI=1S/C29H29NO5S/c1-4-29(2,28(31)34-3)30-36(32,33)27-17-13-24(14-18-27)23-11-15-26(16-12-23)35-20-21-9-10-22-7-5-6-8-25(22)19-21/h5-19,30H,4,20H2,1-3H3. The van der Waals surface area contributed by atoms with Crippen molar-refractivity contribution >= 4 is 26.8 Å². The van der Waals surface area contributed by atoms with Gasteiger partial charge in [0.1, 0.15) is 17.9 Å². The number of benzene rings is 4. The second-order valence-electron chi connectivity index (χ2n) is 8.80. The molecule has 1 N–H and O–H groups in total. The molecule has 0 aliphatic heterocycles. The van der Waals surface area contributed by atoms with E-state index in [4.69, 9.17) is 9.47 Å². The Kier molecular flexibility index (Phi) is 7.43. The Morgan fingerprint density at radius 3 is 2.08 bits per heavy atom. The van der Waals surface area contributed by atoms with Crippen molar-refractivity contribution in [3.63, 3.8) is 0 Å². The van der Waals surface area contributed by atoms with E-state index in [9.17, 15) is 13.2 Å². The largest absolute Gasteiger partial charge is 0.489 e. The van der Waals surface area contributed by atoms with Gasteiger partial charge in [0, 0.05) is 0 Å². The van der Waals surface area contributed by atoms with E-state index in [1.165, 1.54) is 36.9 Å². The van der Waals surface area contributed by atoms with Crippen LogP contribution in [-0.2, 0) is 26.2 Å². The molecular weight excluding hydrogens is 474 g/mol. The fraction of sp³-hybridized carbons (Fsp3) is 0.207. The van der Waals surface area contributed by atoms with Crippen molar-refractivity contribution in [3.8, 4) is 16.9 Å². The first kappa shape index (κ1) is 25.4. The van der Waals surface area contributed by atoms with Crippen LogP contribution < -0.4 is 9.46 Å². The predicted octanol–water partition coefficient (Wildman–Crippen LogP) is 5.71. The van der Waals surface area contributed by atoms with Crippen LogP contribution in [0.5, 0.6) is 5.75 Å². The van der Waals surface area contributed by atoms with E-state index in [0.717, 1.165) is 22.4 Å². The minimum Gasteiger partial charge on any atom is -0.489 e. The molecule has 0 aromatic heterocycles. The van der Waals surface area contributed by atoms with E-state index < -0.39 is 21.5 Å². The van der Waals surface area contributed by atoms with Crippen molar-refractivity contribution in [3.05, 3.63) is 96.6 Å². The molecule has 4 rings (SSSR count). The number of ether oxygens (including phenoxy) is 2. The first-order valence-corrected chi connectivity index (χ1v) is 13.2. The monoisotopic (exact) mass is 503 g/mol. The lowest BCUT2D eigenvalue weighted by Gasteiger charge is -2.26. The van der Waals surface area contributed by atoms with Gasteiger partial charge in [-0.25, -0.2) is 8.42 Å². The van der Waals surface area contributed by atoms with Gasteiger partial charge in [-0.15, -0.1) is 0 Å². The van der Waals surface area contributed by atoms with Gasteiger partial charge in [0.15, 0.2) is 0 Å². The first-order chi connectivity index (χ1) is 17.2. The fourth-order valence-corrected chi connectivity index (χ4v) is 5.34. The van der Waals surface area contributed by atoms with Crippen LogP contribution in [0.4, 0.5) is 0 Å². The van der Waals surface area contributed by atoms with Gasteiger partial charge in [-0.05, 0) is 71.1 Å². The van der Waals surface area contributed by atoms with Crippen LogP contribution in [0.3, 0.4) is 0 Å². The molecule has 6 nitrogen and oxygen atoms in total. The quantitative estimate of drug-likeness (QED) is 0.296. The number of hydrogen-bond donors (Lipinski definition) is 1. The van der Waals surface area contributed by atoms with Crippen molar-refractivity contribution in [2.45, 2.75) is 37.3 Å². The number of carbonyl (C=O) groups is 1. The molecule has 4 aromatic rings. The average molecular weight is 504 g/mol. The van der Waals surface area contributed by atoms with Crippen molar-refractivity contribution in [1.29, 1.82) is 0 Å². The molecule has 0 saturated carbocycles. The summed E-state index contributed by atoms with van der Waals surface area (Å²) in [6.07, 6.45) is 0.256. The lowest BCUT2D eigenvalue weighted by Crippen LogP contribution is -2.52. The highest BCUT2D eigenvalue weighted by Gasteiger charge is 2.37. The van der Waals surface area contributed by atoms with Crippen molar-refractivity contribution in [2.24, 2.45) is 0 Å². The third-order valence-electron chi connectivity index (χ3n) is 6.27. The predicted molar refractivity (Wildman–Crippen MR) is 141 cm³/mol. The number of sulfonamides is 1. The second kappa shape index (κ2) is 10.5. The van der Waals surface area contributed by atoms with Crippen LogP contribution >= 0.6 is 0 Å². The molecule has 0 aliphatic rings. The third kappa shape index (κ3) is 5.58. The molecule has 0 spiro atoms. The summed E-state index contributed by atoms with van der Waals surface area (Å²) >= 11 is 0. The van der Waals surface area contributed by atoms with E-state index in [2.05, 4.69) is 35.1 Å². The molecule has 7 heteroatoms. The van der Waals surface area contributed by atoms with Crippen LogP contribution in [-0.4, -0.2) is 27.0 Å². The SMILES string of the molecule is CCC(C)(NS(=O)(=O)c1ccc(-c2ccc(OCc3ccc4ccccc4c3)cc2)cc1)C(=O)OC. The molecule has 0 fully saturated rings. The Hall–Kier alpha value is -3.68. The van der Waals surface area contributed by atoms with Crippen molar-refractivity contribution in [1.82, 2.24) is 4.72 Å². The highest BCUT2D eigenvalue weighted by atomic mass is 32.2. The molecule has 0 heterocycles. The number of methoxy groups -OCH3 is 1. The Bertz CT molecular complexity index is 1460. The molecule has 0 saturated heterocycles. The maximum atomic E-state index is 12.8. The maximum Gasteiger partial charge on any atom is 0.326 e. The number of carbonyl (C=O) groups excluding carboxylic acids is 1. The topological polar surface area (TPSA) is 81.7 Å². The zero-order valence-electron chi connectivity index (χ0n) is 20.5. The molecule has 1 atom stereocenters. The van der Waals surface area contributed by atoms with Gasteiger partial charge >= 0.3 is 5.97 Å². The van der Waals surface area contributed by atoms with Gasteiger partial charge < -0.3 is 9.47 Å².